The molecule has 0 aliphatic carbocycles. The summed E-state index contributed by atoms with van der Waals surface area (Å²) in [6, 6.07) is 4.12. The number of fused-ring (bicyclic) bond motifs is 1. The minimum atomic E-state index is 0.245. The summed E-state index contributed by atoms with van der Waals surface area (Å²) in [5.41, 5.74) is 0.921. The zero-order valence-electron chi connectivity index (χ0n) is 11.6. The molecule has 0 radical (unpaired) electrons. The molecule has 1 saturated heterocycles. The zero-order chi connectivity index (χ0) is 13.4. The summed E-state index contributed by atoms with van der Waals surface area (Å²) >= 11 is 0. The van der Waals surface area contributed by atoms with Gasteiger partial charge in [-0.05, 0) is 38.3 Å². The molecule has 0 aromatic heterocycles. The monoisotopic (exact) mass is 263 g/mol. The highest BCUT2D eigenvalue weighted by Gasteiger charge is 2.26. The number of nitrogens with zero attached hydrogens (tertiary/aromatic N) is 1. The minimum absolute atomic E-state index is 0.245. The molecule has 2 unspecified atom stereocenters. The molecule has 1 fully saturated rings. The van der Waals surface area contributed by atoms with Gasteiger partial charge in [0.05, 0.1) is 0 Å². The van der Waals surface area contributed by atoms with Gasteiger partial charge in [-0.2, -0.15) is 0 Å². The fraction of sp³-hybridized carbons (Fsp3) is 0.600. The van der Waals surface area contributed by atoms with E-state index in [0.717, 1.165) is 24.4 Å². The standard InChI is InChI=1S/C15H21NO3/c1-10-4-3-5-16(11(10)2)8-12-6-14-15(7-13(12)17)19-9-18-14/h6-7,10-11,17H,3-5,8-9H2,1-2H3. The van der Waals surface area contributed by atoms with Gasteiger partial charge in [0.2, 0.25) is 6.79 Å². The van der Waals surface area contributed by atoms with Crippen molar-refractivity contribution in [2.24, 2.45) is 5.92 Å². The van der Waals surface area contributed by atoms with Crippen LogP contribution < -0.4 is 9.47 Å². The van der Waals surface area contributed by atoms with Crippen LogP contribution in [0.1, 0.15) is 32.3 Å². The fourth-order valence-electron chi connectivity index (χ4n) is 2.96. The molecule has 2 atom stereocenters. The van der Waals surface area contributed by atoms with Gasteiger partial charge in [-0.3, -0.25) is 4.90 Å². The molecule has 19 heavy (non-hydrogen) atoms. The summed E-state index contributed by atoms with van der Waals surface area (Å²) in [6.07, 6.45) is 2.53. The van der Waals surface area contributed by atoms with E-state index in [1.165, 1.54) is 12.8 Å². The molecule has 3 rings (SSSR count). The van der Waals surface area contributed by atoms with Gasteiger partial charge in [-0.1, -0.05) is 6.92 Å². The number of likely N-dealkylation sites (tertiary alicyclic amines) is 1. The predicted molar refractivity (Wildman–Crippen MR) is 72.5 cm³/mol. The summed E-state index contributed by atoms with van der Waals surface area (Å²) in [7, 11) is 0. The van der Waals surface area contributed by atoms with Crippen LogP contribution in [0.2, 0.25) is 0 Å². The second-order valence-electron chi connectivity index (χ2n) is 5.66. The molecule has 0 spiro atoms. The number of benzene rings is 1. The second kappa shape index (κ2) is 4.93. The Morgan fingerprint density at radius 3 is 2.79 bits per heavy atom. The van der Waals surface area contributed by atoms with Gasteiger partial charge < -0.3 is 14.6 Å². The lowest BCUT2D eigenvalue weighted by Crippen LogP contribution is -2.41. The predicted octanol–water partition coefficient (Wildman–Crippen LogP) is 2.74. The molecular formula is C15H21NO3. The Bertz CT molecular complexity index is 475. The maximum atomic E-state index is 10.1. The smallest absolute Gasteiger partial charge is 0.231 e. The van der Waals surface area contributed by atoms with Crippen molar-refractivity contribution in [3.63, 3.8) is 0 Å². The van der Waals surface area contributed by atoms with E-state index in [1.807, 2.05) is 6.07 Å². The Labute approximate surface area is 113 Å². The Balaban J connectivity index is 1.79. The lowest BCUT2D eigenvalue weighted by Gasteiger charge is -2.38. The summed E-state index contributed by atoms with van der Waals surface area (Å²) in [4.78, 5) is 2.44. The minimum Gasteiger partial charge on any atom is -0.507 e. The molecule has 0 bridgehead atoms. The van der Waals surface area contributed by atoms with Gasteiger partial charge in [0.25, 0.3) is 0 Å². The van der Waals surface area contributed by atoms with E-state index in [1.54, 1.807) is 6.07 Å². The van der Waals surface area contributed by atoms with Crippen LogP contribution in [0.5, 0.6) is 17.2 Å². The van der Waals surface area contributed by atoms with Crippen molar-refractivity contribution in [3.8, 4) is 17.2 Å². The molecular weight excluding hydrogens is 242 g/mol. The van der Waals surface area contributed by atoms with Gasteiger partial charge in [0.1, 0.15) is 5.75 Å². The Hall–Kier alpha value is -1.42. The number of phenolic OH excluding ortho intramolecular Hbond substituents is 1. The molecule has 0 amide bonds. The van der Waals surface area contributed by atoms with E-state index < -0.39 is 0 Å². The van der Waals surface area contributed by atoms with E-state index in [2.05, 4.69) is 18.7 Å². The summed E-state index contributed by atoms with van der Waals surface area (Å²) in [6.45, 7) is 6.69. The largest absolute Gasteiger partial charge is 0.507 e. The molecule has 1 N–H and O–H groups in total. The highest BCUT2D eigenvalue weighted by Crippen LogP contribution is 2.38. The summed E-state index contributed by atoms with van der Waals surface area (Å²) < 4.78 is 10.6. The van der Waals surface area contributed by atoms with Crippen LogP contribution in [0.3, 0.4) is 0 Å². The third kappa shape index (κ3) is 2.37. The van der Waals surface area contributed by atoms with E-state index in [-0.39, 0.29) is 6.79 Å². The quantitative estimate of drug-likeness (QED) is 0.891. The Kier molecular flexibility index (Phi) is 3.27. The molecule has 4 nitrogen and oxygen atoms in total. The van der Waals surface area contributed by atoms with Crippen LogP contribution in [0, 0.1) is 5.92 Å². The van der Waals surface area contributed by atoms with Gasteiger partial charge in [-0.25, -0.2) is 0 Å². The van der Waals surface area contributed by atoms with Gasteiger partial charge in [0, 0.05) is 24.2 Å². The third-order valence-corrected chi connectivity index (χ3v) is 4.45. The van der Waals surface area contributed by atoms with Gasteiger partial charge in [-0.15, -0.1) is 0 Å². The lowest BCUT2D eigenvalue weighted by molar-refractivity contribution is 0.105. The topological polar surface area (TPSA) is 41.9 Å². The van der Waals surface area contributed by atoms with Crippen LogP contribution in [0.25, 0.3) is 0 Å². The van der Waals surface area contributed by atoms with E-state index >= 15 is 0 Å². The molecule has 104 valence electrons. The molecule has 2 aliphatic rings. The van der Waals surface area contributed by atoms with Gasteiger partial charge >= 0.3 is 0 Å². The first-order valence-electron chi connectivity index (χ1n) is 7.00. The highest BCUT2D eigenvalue weighted by molar-refractivity contribution is 5.51. The maximum absolute atomic E-state index is 10.1. The lowest BCUT2D eigenvalue weighted by atomic mass is 9.91. The summed E-state index contributed by atoms with van der Waals surface area (Å²) in [5.74, 6) is 2.39. The van der Waals surface area contributed by atoms with Crippen LogP contribution in [-0.4, -0.2) is 29.4 Å². The summed E-state index contributed by atoms with van der Waals surface area (Å²) in [5, 5.41) is 10.1. The van der Waals surface area contributed by atoms with Crippen LogP contribution in [0.4, 0.5) is 0 Å². The highest BCUT2D eigenvalue weighted by atomic mass is 16.7. The fourth-order valence-corrected chi connectivity index (χ4v) is 2.96. The first-order chi connectivity index (χ1) is 9.15. The van der Waals surface area contributed by atoms with Crippen molar-refractivity contribution in [2.45, 2.75) is 39.3 Å². The first-order valence-corrected chi connectivity index (χ1v) is 7.00. The number of piperidine rings is 1. The average molecular weight is 263 g/mol. The zero-order valence-corrected chi connectivity index (χ0v) is 11.6. The van der Waals surface area contributed by atoms with E-state index in [4.69, 9.17) is 9.47 Å². The van der Waals surface area contributed by atoms with Crippen molar-refractivity contribution < 1.29 is 14.6 Å². The molecule has 2 heterocycles. The second-order valence-corrected chi connectivity index (χ2v) is 5.66. The molecule has 1 aromatic carbocycles. The third-order valence-electron chi connectivity index (χ3n) is 4.45. The SMILES string of the molecule is CC1CCCN(Cc2cc3c(cc2O)OCO3)C1C. The molecule has 4 heteroatoms. The molecule has 2 aliphatic heterocycles. The van der Waals surface area contributed by atoms with Crippen molar-refractivity contribution in [1.29, 1.82) is 0 Å². The average Bonchev–Trinajstić information content (AvgIpc) is 2.82. The van der Waals surface area contributed by atoms with Crippen molar-refractivity contribution >= 4 is 0 Å². The number of rotatable bonds is 2. The van der Waals surface area contributed by atoms with Crippen LogP contribution in [0.15, 0.2) is 12.1 Å². The maximum Gasteiger partial charge on any atom is 0.231 e. The number of phenols is 1. The number of hydrogen-bond acceptors (Lipinski definition) is 4. The van der Waals surface area contributed by atoms with Crippen molar-refractivity contribution in [2.75, 3.05) is 13.3 Å². The van der Waals surface area contributed by atoms with Crippen LogP contribution in [-0.2, 0) is 6.54 Å². The first kappa shape index (κ1) is 12.6. The van der Waals surface area contributed by atoms with Gasteiger partial charge in [0.15, 0.2) is 11.5 Å². The van der Waals surface area contributed by atoms with E-state index in [9.17, 15) is 5.11 Å². The van der Waals surface area contributed by atoms with Crippen molar-refractivity contribution in [1.82, 2.24) is 4.90 Å². The van der Waals surface area contributed by atoms with Crippen LogP contribution >= 0.6 is 0 Å². The molecule has 0 saturated carbocycles. The van der Waals surface area contributed by atoms with Crippen molar-refractivity contribution in [3.05, 3.63) is 17.7 Å². The normalized spacial score (nSPS) is 26.6. The number of hydrogen-bond donors (Lipinski definition) is 1. The Morgan fingerprint density at radius 2 is 2.00 bits per heavy atom. The number of ether oxygens (including phenoxy) is 2. The number of aromatic hydroxyl groups is 1. The molecule has 1 aromatic rings. The Morgan fingerprint density at radius 1 is 1.26 bits per heavy atom. The van der Waals surface area contributed by atoms with E-state index in [0.29, 0.717) is 23.5 Å².